The Morgan fingerprint density at radius 2 is 1.86 bits per heavy atom. The van der Waals surface area contributed by atoms with E-state index in [1.165, 1.54) is 35.0 Å². The molecule has 4 rings (SSSR count). The average Bonchev–Trinajstić information content (AvgIpc) is 2.72. The SMILES string of the molecule is CCN1CCCC(N2Sc3ccccc3N(Cc3c(F)cccc3F)C2=O)C1. The highest BCUT2D eigenvalue weighted by atomic mass is 32.2. The third-order valence-corrected chi connectivity index (χ3v) is 6.60. The van der Waals surface area contributed by atoms with Crippen LogP contribution in [0.3, 0.4) is 0 Å². The molecule has 28 heavy (non-hydrogen) atoms. The van der Waals surface area contributed by atoms with Crippen molar-refractivity contribution in [2.24, 2.45) is 0 Å². The zero-order valence-corrected chi connectivity index (χ0v) is 16.6. The first-order chi connectivity index (χ1) is 13.6. The third kappa shape index (κ3) is 3.61. The molecule has 2 aliphatic heterocycles. The lowest BCUT2D eigenvalue weighted by Gasteiger charge is -2.43. The van der Waals surface area contributed by atoms with Crippen LogP contribution in [0.25, 0.3) is 0 Å². The highest BCUT2D eigenvalue weighted by molar-refractivity contribution is 7.97. The van der Waals surface area contributed by atoms with Gasteiger partial charge < -0.3 is 4.90 Å². The molecule has 2 aliphatic rings. The lowest BCUT2D eigenvalue weighted by atomic mass is 10.1. The number of para-hydroxylation sites is 1. The van der Waals surface area contributed by atoms with Crippen LogP contribution in [0.1, 0.15) is 25.3 Å². The molecule has 148 valence electrons. The summed E-state index contributed by atoms with van der Waals surface area (Å²) >= 11 is 1.43. The number of rotatable bonds is 4. The molecule has 2 aromatic rings. The van der Waals surface area contributed by atoms with Crippen LogP contribution in [-0.2, 0) is 6.54 Å². The minimum atomic E-state index is -0.634. The fourth-order valence-electron chi connectivity index (χ4n) is 3.86. The number of carbonyl (C=O) groups excluding carboxylic acids is 1. The summed E-state index contributed by atoms with van der Waals surface area (Å²) in [5.41, 5.74) is 0.607. The van der Waals surface area contributed by atoms with Crippen molar-refractivity contribution in [1.29, 1.82) is 0 Å². The number of halogens is 2. The Labute approximate surface area is 168 Å². The van der Waals surface area contributed by atoms with E-state index in [1.807, 2.05) is 24.3 Å². The Balaban J connectivity index is 1.67. The smallest absolute Gasteiger partial charge is 0.302 e. The second-order valence-corrected chi connectivity index (χ2v) is 8.16. The summed E-state index contributed by atoms with van der Waals surface area (Å²) in [5.74, 6) is -1.27. The summed E-state index contributed by atoms with van der Waals surface area (Å²) < 4.78 is 30.3. The molecule has 7 heteroatoms. The fraction of sp³-hybridized carbons (Fsp3) is 0.381. The predicted molar refractivity (Wildman–Crippen MR) is 107 cm³/mol. The first-order valence-corrected chi connectivity index (χ1v) is 10.4. The molecule has 0 spiro atoms. The van der Waals surface area contributed by atoms with Gasteiger partial charge in [-0.15, -0.1) is 0 Å². The molecule has 0 bridgehead atoms. The molecule has 2 aromatic carbocycles. The Morgan fingerprint density at radius 3 is 2.61 bits per heavy atom. The van der Waals surface area contributed by atoms with Crippen LogP contribution in [0.15, 0.2) is 47.4 Å². The van der Waals surface area contributed by atoms with Gasteiger partial charge in [-0.05, 0) is 62.1 Å². The number of piperidine rings is 1. The largest absolute Gasteiger partial charge is 0.335 e. The van der Waals surface area contributed by atoms with Crippen molar-refractivity contribution in [3.63, 3.8) is 0 Å². The molecule has 2 heterocycles. The molecular formula is C21H23F2N3OS. The van der Waals surface area contributed by atoms with Crippen molar-refractivity contribution >= 4 is 23.7 Å². The topological polar surface area (TPSA) is 26.8 Å². The number of urea groups is 1. The van der Waals surface area contributed by atoms with Crippen molar-refractivity contribution in [3.8, 4) is 0 Å². The molecule has 0 N–H and O–H groups in total. The minimum absolute atomic E-state index is 0.0764. The number of carbonyl (C=O) groups is 1. The van der Waals surface area contributed by atoms with Gasteiger partial charge in [-0.1, -0.05) is 25.1 Å². The van der Waals surface area contributed by atoms with E-state index in [0.717, 1.165) is 37.4 Å². The minimum Gasteiger partial charge on any atom is -0.302 e. The van der Waals surface area contributed by atoms with Crippen molar-refractivity contribution < 1.29 is 13.6 Å². The van der Waals surface area contributed by atoms with Gasteiger partial charge in [0.1, 0.15) is 11.6 Å². The summed E-state index contributed by atoms with van der Waals surface area (Å²) in [7, 11) is 0. The van der Waals surface area contributed by atoms with Crippen LogP contribution in [0.5, 0.6) is 0 Å². The lowest BCUT2D eigenvalue weighted by Crippen LogP contribution is -2.52. The van der Waals surface area contributed by atoms with Gasteiger partial charge in [0, 0.05) is 12.1 Å². The number of fused-ring (bicyclic) bond motifs is 1. The number of likely N-dealkylation sites (N-methyl/N-ethyl adjacent to an activating group) is 1. The van der Waals surface area contributed by atoms with E-state index in [1.54, 1.807) is 4.31 Å². The van der Waals surface area contributed by atoms with Crippen LogP contribution in [0.4, 0.5) is 19.3 Å². The number of likely N-dealkylation sites (tertiary alicyclic amines) is 1. The molecule has 1 fully saturated rings. The fourth-order valence-corrected chi connectivity index (χ4v) is 4.98. The first-order valence-electron chi connectivity index (χ1n) is 9.61. The van der Waals surface area contributed by atoms with Crippen LogP contribution in [0, 0.1) is 11.6 Å². The van der Waals surface area contributed by atoms with Gasteiger partial charge in [-0.3, -0.25) is 9.21 Å². The van der Waals surface area contributed by atoms with Gasteiger partial charge in [0.2, 0.25) is 0 Å². The molecular weight excluding hydrogens is 380 g/mol. The highest BCUT2D eigenvalue weighted by Gasteiger charge is 2.37. The molecule has 1 atom stereocenters. The highest BCUT2D eigenvalue weighted by Crippen LogP contribution is 2.41. The maximum Gasteiger partial charge on any atom is 0.335 e. The third-order valence-electron chi connectivity index (χ3n) is 5.41. The number of hydrogen-bond acceptors (Lipinski definition) is 3. The van der Waals surface area contributed by atoms with Crippen molar-refractivity contribution in [3.05, 3.63) is 59.7 Å². The second-order valence-electron chi connectivity index (χ2n) is 7.14. The molecule has 1 unspecified atom stereocenters. The Morgan fingerprint density at radius 1 is 1.11 bits per heavy atom. The maximum absolute atomic E-state index is 14.3. The Bertz CT molecular complexity index is 858. The zero-order valence-electron chi connectivity index (χ0n) is 15.8. The summed E-state index contributed by atoms with van der Waals surface area (Å²) in [6, 6.07) is 11.2. The summed E-state index contributed by atoms with van der Waals surface area (Å²) in [4.78, 5) is 18.1. The van der Waals surface area contributed by atoms with E-state index in [4.69, 9.17) is 0 Å². The van der Waals surface area contributed by atoms with Crippen molar-refractivity contribution in [2.75, 3.05) is 24.5 Å². The predicted octanol–water partition coefficient (Wildman–Crippen LogP) is 4.90. The zero-order chi connectivity index (χ0) is 19.7. The van der Waals surface area contributed by atoms with Crippen LogP contribution in [0.2, 0.25) is 0 Å². The van der Waals surface area contributed by atoms with E-state index >= 15 is 0 Å². The monoisotopic (exact) mass is 403 g/mol. The summed E-state index contributed by atoms with van der Waals surface area (Å²) in [6.45, 7) is 4.80. The number of benzene rings is 2. The molecule has 2 amide bonds. The van der Waals surface area contributed by atoms with Gasteiger partial charge in [-0.25, -0.2) is 13.6 Å². The summed E-state index contributed by atoms with van der Waals surface area (Å²) in [6.07, 6.45) is 1.96. The number of anilines is 1. The number of nitrogens with zero attached hydrogens (tertiary/aromatic N) is 3. The van der Waals surface area contributed by atoms with E-state index in [9.17, 15) is 13.6 Å². The lowest BCUT2D eigenvalue weighted by molar-refractivity contribution is 0.161. The maximum atomic E-state index is 14.3. The van der Waals surface area contributed by atoms with Gasteiger partial charge in [-0.2, -0.15) is 0 Å². The van der Waals surface area contributed by atoms with Crippen LogP contribution >= 0.6 is 11.9 Å². The van der Waals surface area contributed by atoms with Crippen molar-refractivity contribution in [2.45, 2.75) is 37.2 Å². The van der Waals surface area contributed by atoms with E-state index in [2.05, 4.69) is 11.8 Å². The van der Waals surface area contributed by atoms with Crippen LogP contribution in [-0.4, -0.2) is 40.9 Å². The first kappa shape index (κ1) is 19.2. The standard InChI is InChI=1S/C21H23F2N3OS/c1-2-24-12-6-7-15(13-24)26-21(27)25(19-10-3-4-11-20(19)28-26)14-16-17(22)8-5-9-18(16)23/h3-5,8-11,15H,2,6-7,12-14H2,1H3. The van der Waals surface area contributed by atoms with E-state index in [0.29, 0.717) is 5.69 Å². The molecule has 0 aromatic heterocycles. The van der Waals surface area contributed by atoms with Gasteiger partial charge in [0.25, 0.3) is 0 Å². The Hall–Kier alpha value is -2.12. The quantitative estimate of drug-likeness (QED) is 0.680. The van der Waals surface area contributed by atoms with E-state index in [-0.39, 0.29) is 24.2 Å². The van der Waals surface area contributed by atoms with Gasteiger partial charge >= 0.3 is 6.03 Å². The average molecular weight is 403 g/mol. The summed E-state index contributed by atoms with van der Waals surface area (Å²) in [5, 5.41) is 0. The molecule has 4 nitrogen and oxygen atoms in total. The molecule has 0 radical (unpaired) electrons. The Kier molecular flexibility index (Phi) is 5.55. The van der Waals surface area contributed by atoms with Gasteiger partial charge in [0.05, 0.1) is 23.2 Å². The normalized spacial score (nSPS) is 20.4. The number of amides is 2. The van der Waals surface area contributed by atoms with E-state index < -0.39 is 11.6 Å². The number of hydrogen-bond donors (Lipinski definition) is 0. The van der Waals surface area contributed by atoms with Gasteiger partial charge in [0.15, 0.2) is 0 Å². The van der Waals surface area contributed by atoms with Crippen molar-refractivity contribution in [1.82, 2.24) is 9.21 Å². The van der Waals surface area contributed by atoms with Crippen LogP contribution < -0.4 is 4.90 Å². The molecule has 0 aliphatic carbocycles. The second kappa shape index (κ2) is 8.09. The molecule has 0 saturated carbocycles. The molecule has 1 saturated heterocycles.